The van der Waals surface area contributed by atoms with Crippen molar-refractivity contribution in [1.29, 1.82) is 0 Å². The molecule has 1 aromatic carbocycles. The van der Waals surface area contributed by atoms with E-state index in [0.717, 1.165) is 31.2 Å². The number of aromatic nitrogens is 2. The predicted molar refractivity (Wildman–Crippen MR) is 88.7 cm³/mol. The van der Waals surface area contributed by atoms with Crippen LogP contribution in [0.5, 0.6) is 0 Å². The Hall–Kier alpha value is -2.08. The molecule has 1 aliphatic rings. The third-order valence-corrected chi connectivity index (χ3v) is 4.72. The standard InChI is InChI=1S/C17H23N3O3/c1-2-12(10-21)18-16(22)11-7-8-15-14(9-11)19-17(23)20(15)13-5-3-4-6-13/h7-9,12-13,21H,2-6,10H2,1H3,(H,18,22)(H,19,23). The zero-order chi connectivity index (χ0) is 16.4. The molecule has 3 rings (SSSR count). The average Bonchev–Trinajstić information content (AvgIpc) is 3.17. The number of carbonyl (C=O) groups excluding carboxylic acids is 1. The first-order chi connectivity index (χ1) is 11.1. The van der Waals surface area contributed by atoms with Crippen LogP contribution < -0.4 is 11.0 Å². The van der Waals surface area contributed by atoms with Gasteiger partial charge in [-0.25, -0.2) is 4.79 Å². The third-order valence-electron chi connectivity index (χ3n) is 4.72. The van der Waals surface area contributed by atoms with E-state index in [1.807, 2.05) is 17.6 Å². The first-order valence-corrected chi connectivity index (χ1v) is 8.30. The maximum absolute atomic E-state index is 12.3. The second kappa shape index (κ2) is 6.58. The number of nitrogens with one attached hydrogen (secondary N) is 2. The number of amides is 1. The van der Waals surface area contributed by atoms with Gasteiger partial charge in [0.05, 0.1) is 23.7 Å². The van der Waals surface area contributed by atoms with Crippen LogP contribution in [0.15, 0.2) is 23.0 Å². The minimum absolute atomic E-state index is 0.0840. The van der Waals surface area contributed by atoms with Crippen molar-refractivity contribution in [2.75, 3.05) is 6.61 Å². The number of H-pyrrole nitrogens is 1. The summed E-state index contributed by atoms with van der Waals surface area (Å²) in [4.78, 5) is 27.4. The lowest BCUT2D eigenvalue weighted by molar-refractivity contribution is 0.0915. The topological polar surface area (TPSA) is 87.1 Å². The zero-order valence-corrected chi connectivity index (χ0v) is 13.3. The molecule has 2 aromatic rings. The molecule has 0 radical (unpaired) electrons. The Morgan fingerprint density at radius 1 is 1.43 bits per heavy atom. The molecule has 23 heavy (non-hydrogen) atoms. The van der Waals surface area contributed by atoms with Crippen molar-refractivity contribution >= 4 is 16.9 Å². The number of rotatable bonds is 5. The van der Waals surface area contributed by atoms with Gasteiger partial charge in [-0.05, 0) is 37.5 Å². The van der Waals surface area contributed by atoms with Crippen molar-refractivity contribution in [1.82, 2.24) is 14.9 Å². The van der Waals surface area contributed by atoms with Crippen LogP contribution in [0.4, 0.5) is 0 Å². The highest BCUT2D eigenvalue weighted by molar-refractivity contribution is 5.97. The van der Waals surface area contributed by atoms with Crippen LogP contribution in [-0.2, 0) is 0 Å². The SMILES string of the molecule is CCC(CO)NC(=O)c1ccc2c(c1)[nH]c(=O)n2C1CCCC1. The van der Waals surface area contributed by atoms with Crippen molar-refractivity contribution in [2.24, 2.45) is 0 Å². The second-order valence-electron chi connectivity index (χ2n) is 6.23. The van der Waals surface area contributed by atoms with E-state index in [9.17, 15) is 14.7 Å². The fourth-order valence-electron chi connectivity index (χ4n) is 3.34. The molecule has 0 spiro atoms. The molecular weight excluding hydrogens is 294 g/mol. The van der Waals surface area contributed by atoms with E-state index in [0.29, 0.717) is 17.5 Å². The molecule has 124 valence electrons. The van der Waals surface area contributed by atoms with Crippen LogP contribution in [0, 0.1) is 0 Å². The number of aliphatic hydroxyl groups excluding tert-OH is 1. The van der Waals surface area contributed by atoms with E-state index in [1.165, 1.54) is 0 Å². The molecule has 3 N–H and O–H groups in total. The quantitative estimate of drug-likeness (QED) is 0.787. The van der Waals surface area contributed by atoms with Gasteiger partial charge in [0.15, 0.2) is 0 Å². The summed E-state index contributed by atoms with van der Waals surface area (Å²) in [6.45, 7) is 1.82. The molecule has 0 aliphatic heterocycles. The van der Waals surface area contributed by atoms with Crippen molar-refractivity contribution in [3.05, 3.63) is 34.2 Å². The fourth-order valence-corrected chi connectivity index (χ4v) is 3.34. The number of aliphatic hydroxyl groups is 1. The minimum Gasteiger partial charge on any atom is -0.394 e. The number of hydrogen-bond donors (Lipinski definition) is 3. The molecule has 6 nitrogen and oxygen atoms in total. The van der Waals surface area contributed by atoms with Crippen LogP contribution in [-0.4, -0.2) is 33.2 Å². The van der Waals surface area contributed by atoms with Gasteiger partial charge >= 0.3 is 5.69 Å². The molecule has 0 bridgehead atoms. The van der Waals surface area contributed by atoms with Gasteiger partial charge in [0.25, 0.3) is 5.91 Å². The summed E-state index contributed by atoms with van der Waals surface area (Å²) in [5.74, 6) is -0.234. The highest BCUT2D eigenvalue weighted by Gasteiger charge is 2.21. The number of benzene rings is 1. The molecule has 1 heterocycles. The summed E-state index contributed by atoms with van der Waals surface area (Å²) < 4.78 is 1.83. The van der Waals surface area contributed by atoms with Gasteiger partial charge in [-0.2, -0.15) is 0 Å². The summed E-state index contributed by atoms with van der Waals surface area (Å²) in [7, 11) is 0. The summed E-state index contributed by atoms with van der Waals surface area (Å²) in [6, 6.07) is 5.29. The first kappa shape index (κ1) is 15.8. The lowest BCUT2D eigenvalue weighted by Crippen LogP contribution is -2.36. The lowest BCUT2D eigenvalue weighted by Gasteiger charge is -2.14. The molecule has 1 unspecified atom stereocenters. The van der Waals surface area contributed by atoms with E-state index in [4.69, 9.17) is 0 Å². The van der Waals surface area contributed by atoms with Gasteiger partial charge in [-0.15, -0.1) is 0 Å². The molecule has 6 heteroatoms. The Kier molecular flexibility index (Phi) is 4.52. The van der Waals surface area contributed by atoms with Gasteiger partial charge in [-0.3, -0.25) is 9.36 Å². The van der Waals surface area contributed by atoms with Gasteiger partial charge in [0.2, 0.25) is 0 Å². The Bertz CT molecular complexity index is 752. The van der Waals surface area contributed by atoms with E-state index < -0.39 is 0 Å². The Morgan fingerprint density at radius 2 is 2.17 bits per heavy atom. The van der Waals surface area contributed by atoms with E-state index in [-0.39, 0.29) is 30.3 Å². The highest BCUT2D eigenvalue weighted by Crippen LogP contribution is 2.30. The Labute approximate surface area is 134 Å². The molecule has 1 amide bonds. The summed E-state index contributed by atoms with van der Waals surface area (Å²) in [6.07, 6.45) is 5.04. The normalized spacial score (nSPS) is 16.8. The molecule has 1 atom stereocenters. The maximum Gasteiger partial charge on any atom is 0.326 e. The molecule has 1 aromatic heterocycles. The zero-order valence-electron chi connectivity index (χ0n) is 13.3. The Balaban J connectivity index is 1.91. The third kappa shape index (κ3) is 3.03. The largest absolute Gasteiger partial charge is 0.394 e. The number of hydrogen-bond acceptors (Lipinski definition) is 3. The lowest BCUT2D eigenvalue weighted by atomic mass is 10.1. The summed E-state index contributed by atoms with van der Waals surface area (Å²) in [5.41, 5.74) is 1.93. The smallest absolute Gasteiger partial charge is 0.326 e. The molecule has 1 fully saturated rings. The van der Waals surface area contributed by atoms with Crippen molar-refractivity contribution in [2.45, 2.75) is 51.1 Å². The maximum atomic E-state index is 12.3. The van der Waals surface area contributed by atoms with Crippen molar-refractivity contribution in [3.63, 3.8) is 0 Å². The molecule has 1 saturated carbocycles. The summed E-state index contributed by atoms with van der Waals surface area (Å²) >= 11 is 0. The molecular formula is C17H23N3O3. The van der Waals surface area contributed by atoms with Crippen molar-refractivity contribution in [3.8, 4) is 0 Å². The van der Waals surface area contributed by atoms with E-state index >= 15 is 0 Å². The number of imidazole rings is 1. The fraction of sp³-hybridized carbons (Fsp3) is 0.529. The van der Waals surface area contributed by atoms with Crippen LogP contribution in [0.3, 0.4) is 0 Å². The molecule has 0 saturated heterocycles. The van der Waals surface area contributed by atoms with Crippen LogP contribution in [0.1, 0.15) is 55.4 Å². The summed E-state index contributed by atoms with van der Waals surface area (Å²) in [5, 5.41) is 12.0. The average molecular weight is 317 g/mol. The highest BCUT2D eigenvalue weighted by atomic mass is 16.3. The van der Waals surface area contributed by atoms with Gasteiger partial charge < -0.3 is 15.4 Å². The molecule has 1 aliphatic carbocycles. The van der Waals surface area contributed by atoms with E-state index in [2.05, 4.69) is 10.3 Å². The minimum atomic E-state index is -0.250. The monoisotopic (exact) mass is 317 g/mol. The van der Waals surface area contributed by atoms with E-state index in [1.54, 1.807) is 12.1 Å². The number of nitrogens with zero attached hydrogens (tertiary/aromatic N) is 1. The predicted octanol–water partition coefficient (Wildman–Crippen LogP) is 1.95. The second-order valence-corrected chi connectivity index (χ2v) is 6.23. The van der Waals surface area contributed by atoms with Crippen LogP contribution >= 0.6 is 0 Å². The van der Waals surface area contributed by atoms with Gasteiger partial charge in [0, 0.05) is 11.6 Å². The van der Waals surface area contributed by atoms with Crippen molar-refractivity contribution < 1.29 is 9.90 Å². The number of fused-ring (bicyclic) bond motifs is 1. The van der Waals surface area contributed by atoms with Gasteiger partial charge in [0.1, 0.15) is 0 Å². The number of carbonyl (C=O) groups is 1. The van der Waals surface area contributed by atoms with Crippen LogP contribution in [0.2, 0.25) is 0 Å². The van der Waals surface area contributed by atoms with Crippen LogP contribution in [0.25, 0.3) is 11.0 Å². The van der Waals surface area contributed by atoms with Gasteiger partial charge in [-0.1, -0.05) is 19.8 Å². The number of aromatic amines is 1. The Morgan fingerprint density at radius 3 is 2.83 bits per heavy atom. The first-order valence-electron chi connectivity index (χ1n) is 8.30.